The first-order valence-corrected chi connectivity index (χ1v) is 5.10. The van der Waals surface area contributed by atoms with Crippen LogP contribution in [0, 0.1) is 5.92 Å². The highest BCUT2D eigenvalue weighted by Gasteiger charge is 2.43. The van der Waals surface area contributed by atoms with E-state index in [2.05, 4.69) is 0 Å². The molecule has 2 heterocycles. The van der Waals surface area contributed by atoms with Crippen molar-refractivity contribution in [2.75, 3.05) is 6.61 Å². The van der Waals surface area contributed by atoms with Gasteiger partial charge in [-0.15, -0.1) is 0 Å². The van der Waals surface area contributed by atoms with Gasteiger partial charge in [0.1, 0.15) is 6.04 Å². The predicted octanol–water partition coefficient (Wildman–Crippen LogP) is 0.559. The lowest BCUT2D eigenvalue weighted by atomic mass is 10.1. The van der Waals surface area contributed by atoms with Gasteiger partial charge in [-0.1, -0.05) is 6.92 Å². The quantitative estimate of drug-likeness (QED) is 0.577. The number of rotatable bonds is 1. The van der Waals surface area contributed by atoms with Crippen LogP contribution in [-0.2, 0) is 14.3 Å². The summed E-state index contributed by atoms with van der Waals surface area (Å²) in [6, 6.07) is -0.143. The fourth-order valence-electron chi connectivity index (χ4n) is 2.40. The normalized spacial score (nSPS) is 37.9. The number of ether oxygens (including phenoxy) is 1. The first kappa shape index (κ1) is 9.49. The molecular formula is C10H15NO3. The molecule has 0 aromatic heterocycles. The highest BCUT2D eigenvalue weighted by Crippen LogP contribution is 2.29. The number of likely N-dealkylation sites (tertiary alicyclic amines) is 1. The van der Waals surface area contributed by atoms with Crippen molar-refractivity contribution in [2.45, 2.75) is 38.8 Å². The van der Waals surface area contributed by atoms with Crippen molar-refractivity contribution in [3.8, 4) is 0 Å². The second-order valence-corrected chi connectivity index (χ2v) is 4.20. The molecule has 78 valence electrons. The van der Waals surface area contributed by atoms with Crippen LogP contribution < -0.4 is 0 Å². The van der Waals surface area contributed by atoms with E-state index in [9.17, 15) is 9.59 Å². The molecule has 4 heteroatoms. The minimum absolute atomic E-state index is 0.0541. The number of hydrogen-bond donors (Lipinski definition) is 0. The van der Waals surface area contributed by atoms with Crippen molar-refractivity contribution >= 4 is 11.9 Å². The Kier molecular flexibility index (Phi) is 2.21. The number of carbonyl (C=O) groups is 2. The van der Waals surface area contributed by atoms with Crippen LogP contribution in [0.25, 0.3) is 0 Å². The van der Waals surface area contributed by atoms with Crippen LogP contribution >= 0.6 is 0 Å². The van der Waals surface area contributed by atoms with Gasteiger partial charge in [-0.2, -0.15) is 0 Å². The monoisotopic (exact) mass is 197 g/mol. The van der Waals surface area contributed by atoms with Gasteiger partial charge in [0.15, 0.2) is 0 Å². The first-order chi connectivity index (χ1) is 6.61. The molecule has 0 aliphatic carbocycles. The number of nitrogens with zero attached hydrogens (tertiary/aromatic N) is 1. The molecule has 4 nitrogen and oxygen atoms in total. The van der Waals surface area contributed by atoms with E-state index in [4.69, 9.17) is 4.74 Å². The smallest absolute Gasteiger partial charge is 0.329 e. The van der Waals surface area contributed by atoms with Gasteiger partial charge in [0, 0.05) is 18.4 Å². The fraction of sp³-hybridized carbons (Fsp3) is 0.800. The number of carbonyl (C=O) groups excluding carboxylic acids is 2. The average Bonchev–Trinajstić information content (AvgIpc) is 2.60. The highest BCUT2D eigenvalue weighted by molar-refractivity contribution is 5.88. The van der Waals surface area contributed by atoms with E-state index in [1.807, 2.05) is 13.8 Å². The largest absolute Gasteiger partial charge is 0.464 e. The summed E-state index contributed by atoms with van der Waals surface area (Å²) in [6.45, 7) is 4.36. The molecule has 0 N–H and O–H groups in total. The maximum absolute atomic E-state index is 11.8. The van der Waals surface area contributed by atoms with Gasteiger partial charge in [0.2, 0.25) is 5.91 Å². The summed E-state index contributed by atoms with van der Waals surface area (Å²) in [6.07, 6.45) is 1.50. The van der Waals surface area contributed by atoms with Crippen molar-refractivity contribution in [1.82, 2.24) is 4.90 Å². The molecule has 2 fully saturated rings. The zero-order valence-electron chi connectivity index (χ0n) is 8.53. The van der Waals surface area contributed by atoms with Crippen LogP contribution in [-0.4, -0.2) is 35.5 Å². The lowest BCUT2D eigenvalue weighted by Gasteiger charge is -2.25. The Hall–Kier alpha value is -1.06. The van der Waals surface area contributed by atoms with E-state index >= 15 is 0 Å². The van der Waals surface area contributed by atoms with E-state index < -0.39 is 0 Å². The summed E-state index contributed by atoms with van der Waals surface area (Å²) < 4.78 is 4.88. The van der Waals surface area contributed by atoms with Crippen LogP contribution in [0.2, 0.25) is 0 Å². The summed E-state index contributed by atoms with van der Waals surface area (Å²) in [7, 11) is 0. The third-order valence-corrected chi connectivity index (χ3v) is 3.09. The minimum atomic E-state index is -0.317. The van der Waals surface area contributed by atoms with Gasteiger partial charge in [-0.3, -0.25) is 4.79 Å². The Morgan fingerprint density at radius 2 is 2.07 bits per heavy atom. The molecule has 0 saturated carbocycles. The van der Waals surface area contributed by atoms with Gasteiger partial charge in [0.25, 0.3) is 0 Å². The lowest BCUT2D eigenvalue weighted by Crippen LogP contribution is -2.43. The van der Waals surface area contributed by atoms with Crippen LogP contribution in [0.3, 0.4) is 0 Å². The van der Waals surface area contributed by atoms with Crippen LogP contribution in [0.15, 0.2) is 0 Å². The second-order valence-electron chi connectivity index (χ2n) is 4.20. The van der Waals surface area contributed by atoms with E-state index in [-0.39, 0.29) is 29.9 Å². The molecule has 2 rings (SSSR count). The molecule has 2 aliphatic rings. The Bertz CT molecular complexity index is 277. The lowest BCUT2D eigenvalue weighted by molar-refractivity contribution is -0.148. The second kappa shape index (κ2) is 3.26. The molecular weight excluding hydrogens is 182 g/mol. The molecule has 14 heavy (non-hydrogen) atoms. The Morgan fingerprint density at radius 1 is 1.36 bits per heavy atom. The summed E-state index contributed by atoms with van der Waals surface area (Å²) in [5.74, 6) is -0.0842. The number of cyclic esters (lactones) is 1. The zero-order chi connectivity index (χ0) is 10.3. The topological polar surface area (TPSA) is 46.6 Å². The van der Waals surface area contributed by atoms with Crippen molar-refractivity contribution in [3.05, 3.63) is 0 Å². The van der Waals surface area contributed by atoms with Crippen molar-refractivity contribution in [2.24, 2.45) is 5.92 Å². The minimum Gasteiger partial charge on any atom is -0.464 e. The number of amides is 1. The van der Waals surface area contributed by atoms with Gasteiger partial charge >= 0.3 is 5.97 Å². The van der Waals surface area contributed by atoms with Gasteiger partial charge < -0.3 is 9.64 Å². The van der Waals surface area contributed by atoms with Gasteiger partial charge in [-0.25, -0.2) is 4.79 Å². The third kappa shape index (κ3) is 1.29. The van der Waals surface area contributed by atoms with Crippen LogP contribution in [0.1, 0.15) is 26.7 Å². The SMILES string of the molecule is CC1CC(C)N(C2CCOC2=O)C1=O. The van der Waals surface area contributed by atoms with Gasteiger partial charge in [0.05, 0.1) is 6.61 Å². The van der Waals surface area contributed by atoms with E-state index in [0.717, 1.165) is 6.42 Å². The van der Waals surface area contributed by atoms with Crippen molar-refractivity contribution in [3.63, 3.8) is 0 Å². The molecule has 2 saturated heterocycles. The van der Waals surface area contributed by atoms with Crippen molar-refractivity contribution in [1.29, 1.82) is 0 Å². The average molecular weight is 197 g/mol. The Morgan fingerprint density at radius 3 is 2.50 bits per heavy atom. The van der Waals surface area contributed by atoms with Crippen molar-refractivity contribution < 1.29 is 14.3 Å². The number of hydrogen-bond acceptors (Lipinski definition) is 3. The van der Waals surface area contributed by atoms with E-state index in [1.165, 1.54) is 0 Å². The maximum Gasteiger partial charge on any atom is 0.329 e. The Balaban J connectivity index is 2.17. The molecule has 1 amide bonds. The maximum atomic E-state index is 11.8. The van der Waals surface area contributed by atoms with Gasteiger partial charge in [-0.05, 0) is 13.3 Å². The zero-order valence-corrected chi connectivity index (χ0v) is 8.53. The third-order valence-electron chi connectivity index (χ3n) is 3.09. The molecule has 0 aromatic rings. The highest BCUT2D eigenvalue weighted by atomic mass is 16.5. The standard InChI is InChI=1S/C10H15NO3/c1-6-5-7(2)11(9(6)12)8-3-4-14-10(8)13/h6-8H,3-5H2,1-2H3. The Labute approximate surface area is 83.2 Å². The van der Waals surface area contributed by atoms with E-state index in [0.29, 0.717) is 13.0 Å². The number of esters is 1. The fourth-order valence-corrected chi connectivity index (χ4v) is 2.40. The van der Waals surface area contributed by atoms with Crippen LogP contribution in [0.4, 0.5) is 0 Å². The molecule has 3 atom stereocenters. The predicted molar refractivity (Wildman–Crippen MR) is 49.5 cm³/mol. The molecule has 0 spiro atoms. The molecule has 2 aliphatic heterocycles. The summed E-state index contributed by atoms with van der Waals surface area (Å²) in [4.78, 5) is 24.8. The molecule has 3 unspecified atom stereocenters. The summed E-state index contributed by atoms with van der Waals surface area (Å²) in [5, 5.41) is 0. The summed E-state index contributed by atoms with van der Waals surface area (Å²) >= 11 is 0. The molecule has 0 aromatic carbocycles. The summed E-state index contributed by atoms with van der Waals surface area (Å²) in [5.41, 5.74) is 0. The first-order valence-electron chi connectivity index (χ1n) is 5.10. The molecule has 0 radical (unpaired) electrons. The van der Waals surface area contributed by atoms with E-state index in [1.54, 1.807) is 4.90 Å². The van der Waals surface area contributed by atoms with Crippen LogP contribution in [0.5, 0.6) is 0 Å². The molecule has 0 bridgehead atoms.